The summed E-state index contributed by atoms with van der Waals surface area (Å²) in [5.74, 6) is 0.499. The average molecular weight is 247 g/mol. The summed E-state index contributed by atoms with van der Waals surface area (Å²) in [5, 5.41) is 9.62. The first kappa shape index (κ1) is 13.6. The lowest BCUT2D eigenvalue weighted by Gasteiger charge is -2.33. The molecule has 2 heteroatoms. The molecule has 2 rings (SSSR count). The van der Waals surface area contributed by atoms with Gasteiger partial charge in [0.2, 0.25) is 0 Å². The fraction of sp³-hybridized carbons (Fsp3) is 0.625. The zero-order valence-electron chi connectivity index (χ0n) is 11.8. The van der Waals surface area contributed by atoms with E-state index in [1.165, 1.54) is 16.7 Å². The van der Waals surface area contributed by atoms with Crippen molar-refractivity contribution >= 4 is 0 Å². The lowest BCUT2D eigenvalue weighted by molar-refractivity contribution is 0.0694. The monoisotopic (exact) mass is 247 g/mol. The Balaban J connectivity index is 1.96. The van der Waals surface area contributed by atoms with Crippen LogP contribution in [0.5, 0.6) is 0 Å². The minimum atomic E-state index is -0.146. The van der Waals surface area contributed by atoms with Gasteiger partial charge in [-0.2, -0.15) is 0 Å². The third-order valence-electron chi connectivity index (χ3n) is 4.34. The van der Waals surface area contributed by atoms with Crippen LogP contribution in [0.2, 0.25) is 0 Å². The Morgan fingerprint density at radius 1 is 1.22 bits per heavy atom. The highest BCUT2D eigenvalue weighted by Crippen LogP contribution is 2.23. The molecule has 0 aliphatic carbocycles. The van der Waals surface area contributed by atoms with Crippen LogP contribution in [-0.2, 0) is 6.54 Å². The summed E-state index contributed by atoms with van der Waals surface area (Å²) in [4.78, 5) is 2.52. The van der Waals surface area contributed by atoms with Gasteiger partial charge >= 0.3 is 0 Å². The summed E-state index contributed by atoms with van der Waals surface area (Å²) in [6.07, 6.45) is 2.11. The molecule has 1 aromatic rings. The first-order valence-electron chi connectivity index (χ1n) is 7.03. The second-order valence-electron chi connectivity index (χ2n) is 5.72. The number of aryl methyl sites for hydroxylation is 2. The van der Waals surface area contributed by atoms with Crippen molar-refractivity contribution < 1.29 is 5.11 Å². The summed E-state index contributed by atoms with van der Waals surface area (Å²) in [5.41, 5.74) is 4.27. The van der Waals surface area contributed by atoms with Crippen molar-refractivity contribution in [2.24, 2.45) is 5.92 Å². The third kappa shape index (κ3) is 3.12. The highest BCUT2D eigenvalue weighted by molar-refractivity contribution is 5.33. The van der Waals surface area contributed by atoms with Crippen LogP contribution in [0.15, 0.2) is 18.2 Å². The SMILES string of the molecule is Cc1cccc(C)c1CN1CCC(C(C)O)CC1. The van der Waals surface area contributed by atoms with Gasteiger partial charge in [-0.15, -0.1) is 0 Å². The van der Waals surface area contributed by atoms with Gasteiger partial charge in [-0.1, -0.05) is 18.2 Å². The zero-order valence-corrected chi connectivity index (χ0v) is 11.8. The molecule has 18 heavy (non-hydrogen) atoms. The van der Waals surface area contributed by atoms with E-state index in [1.807, 2.05) is 6.92 Å². The van der Waals surface area contributed by atoms with Crippen molar-refractivity contribution in [3.63, 3.8) is 0 Å². The molecule has 0 bridgehead atoms. The fourth-order valence-electron chi connectivity index (χ4n) is 2.92. The van der Waals surface area contributed by atoms with E-state index in [0.29, 0.717) is 5.92 Å². The van der Waals surface area contributed by atoms with Gasteiger partial charge in [0.1, 0.15) is 0 Å². The summed E-state index contributed by atoms with van der Waals surface area (Å²) in [6, 6.07) is 6.53. The van der Waals surface area contributed by atoms with Gasteiger partial charge in [-0.05, 0) is 69.3 Å². The third-order valence-corrected chi connectivity index (χ3v) is 4.34. The summed E-state index contributed by atoms with van der Waals surface area (Å²) < 4.78 is 0. The molecular formula is C16H25NO. The maximum Gasteiger partial charge on any atom is 0.0541 e. The van der Waals surface area contributed by atoms with E-state index >= 15 is 0 Å². The number of hydrogen-bond donors (Lipinski definition) is 1. The zero-order chi connectivity index (χ0) is 13.1. The van der Waals surface area contributed by atoms with E-state index in [2.05, 4.69) is 36.9 Å². The first-order chi connectivity index (χ1) is 8.58. The van der Waals surface area contributed by atoms with Crippen LogP contribution in [0.4, 0.5) is 0 Å². The number of aliphatic hydroxyl groups is 1. The quantitative estimate of drug-likeness (QED) is 0.888. The predicted octanol–water partition coefficient (Wildman–Crippen LogP) is 2.90. The minimum absolute atomic E-state index is 0.146. The standard InChI is InChI=1S/C16H25NO/c1-12-5-4-6-13(2)16(12)11-17-9-7-15(8-10-17)14(3)18/h4-6,14-15,18H,7-11H2,1-3H3. The van der Waals surface area contributed by atoms with Gasteiger partial charge in [0.15, 0.2) is 0 Å². The predicted molar refractivity (Wildman–Crippen MR) is 75.6 cm³/mol. The van der Waals surface area contributed by atoms with E-state index in [1.54, 1.807) is 0 Å². The van der Waals surface area contributed by atoms with Crippen molar-refractivity contribution in [3.8, 4) is 0 Å². The van der Waals surface area contributed by atoms with E-state index < -0.39 is 0 Å². The van der Waals surface area contributed by atoms with Crippen molar-refractivity contribution in [1.29, 1.82) is 0 Å². The number of hydrogen-bond acceptors (Lipinski definition) is 2. The van der Waals surface area contributed by atoms with Crippen LogP contribution in [0.25, 0.3) is 0 Å². The molecule has 0 saturated carbocycles. The van der Waals surface area contributed by atoms with Crippen LogP contribution < -0.4 is 0 Å². The number of piperidine rings is 1. The second kappa shape index (κ2) is 5.85. The molecule has 1 aliphatic heterocycles. The second-order valence-corrected chi connectivity index (χ2v) is 5.72. The minimum Gasteiger partial charge on any atom is -0.393 e. The van der Waals surface area contributed by atoms with Crippen LogP contribution in [-0.4, -0.2) is 29.2 Å². The van der Waals surface area contributed by atoms with Gasteiger partial charge in [-0.25, -0.2) is 0 Å². The van der Waals surface area contributed by atoms with Crippen molar-refractivity contribution in [1.82, 2.24) is 4.90 Å². The van der Waals surface area contributed by atoms with E-state index in [0.717, 1.165) is 32.5 Å². The van der Waals surface area contributed by atoms with Crippen LogP contribution >= 0.6 is 0 Å². The molecule has 1 N–H and O–H groups in total. The Morgan fingerprint density at radius 3 is 2.28 bits per heavy atom. The molecular weight excluding hydrogens is 222 g/mol. The van der Waals surface area contributed by atoms with Gasteiger partial charge in [-0.3, -0.25) is 4.90 Å². The van der Waals surface area contributed by atoms with Crippen molar-refractivity contribution in [2.75, 3.05) is 13.1 Å². The van der Waals surface area contributed by atoms with Gasteiger partial charge in [0.05, 0.1) is 6.10 Å². The van der Waals surface area contributed by atoms with Crippen LogP contribution in [0.3, 0.4) is 0 Å². The molecule has 0 aromatic heterocycles. The molecule has 1 atom stereocenters. The number of likely N-dealkylation sites (tertiary alicyclic amines) is 1. The largest absolute Gasteiger partial charge is 0.393 e. The lowest BCUT2D eigenvalue weighted by Crippen LogP contribution is -2.36. The Kier molecular flexibility index (Phi) is 4.41. The number of benzene rings is 1. The maximum absolute atomic E-state index is 9.62. The highest BCUT2D eigenvalue weighted by Gasteiger charge is 2.22. The Labute approximate surface area is 111 Å². The number of nitrogens with zero attached hydrogens (tertiary/aromatic N) is 1. The fourth-order valence-corrected chi connectivity index (χ4v) is 2.92. The topological polar surface area (TPSA) is 23.5 Å². The molecule has 0 amide bonds. The van der Waals surface area contributed by atoms with Crippen molar-refractivity contribution in [2.45, 2.75) is 46.3 Å². The van der Waals surface area contributed by atoms with Gasteiger partial charge in [0.25, 0.3) is 0 Å². The number of rotatable bonds is 3. The molecule has 100 valence electrons. The molecule has 1 saturated heterocycles. The van der Waals surface area contributed by atoms with E-state index in [4.69, 9.17) is 0 Å². The molecule has 1 unspecified atom stereocenters. The smallest absolute Gasteiger partial charge is 0.0541 e. The van der Waals surface area contributed by atoms with E-state index in [-0.39, 0.29) is 6.10 Å². The van der Waals surface area contributed by atoms with Crippen LogP contribution in [0.1, 0.15) is 36.5 Å². The Hall–Kier alpha value is -0.860. The molecule has 0 spiro atoms. The first-order valence-corrected chi connectivity index (χ1v) is 7.03. The molecule has 1 aliphatic rings. The summed E-state index contributed by atoms with van der Waals surface area (Å²) in [7, 11) is 0. The number of aliphatic hydroxyl groups excluding tert-OH is 1. The molecule has 1 fully saturated rings. The van der Waals surface area contributed by atoms with Crippen molar-refractivity contribution in [3.05, 3.63) is 34.9 Å². The van der Waals surface area contributed by atoms with Crippen LogP contribution in [0, 0.1) is 19.8 Å². The van der Waals surface area contributed by atoms with E-state index in [9.17, 15) is 5.11 Å². The molecule has 0 radical (unpaired) electrons. The highest BCUT2D eigenvalue weighted by atomic mass is 16.3. The normalized spacial score (nSPS) is 20.0. The molecule has 1 aromatic carbocycles. The Morgan fingerprint density at radius 2 is 1.78 bits per heavy atom. The summed E-state index contributed by atoms with van der Waals surface area (Å²) >= 11 is 0. The van der Waals surface area contributed by atoms with Gasteiger partial charge in [0, 0.05) is 6.54 Å². The lowest BCUT2D eigenvalue weighted by atomic mass is 9.91. The van der Waals surface area contributed by atoms with Gasteiger partial charge < -0.3 is 5.11 Å². The Bertz CT molecular complexity index is 372. The maximum atomic E-state index is 9.62. The average Bonchev–Trinajstić information content (AvgIpc) is 2.34. The molecule has 1 heterocycles. The molecule has 2 nitrogen and oxygen atoms in total. The summed E-state index contributed by atoms with van der Waals surface area (Å²) in [6.45, 7) is 9.61.